The van der Waals surface area contributed by atoms with Crippen molar-refractivity contribution in [3.8, 4) is 0 Å². The second-order valence-corrected chi connectivity index (χ2v) is 7.79. The van der Waals surface area contributed by atoms with Crippen LogP contribution in [0.5, 0.6) is 0 Å². The summed E-state index contributed by atoms with van der Waals surface area (Å²) in [4.78, 5) is 17.5. The number of carbonyl (C=O) groups excluding carboxylic acids is 1. The summed E-state index contributed by atoms with van der Waals surface area (Å²) in [5.74, 6) is 0. The first-order valence-corrected chi connectivity index (χ1v) is 11.7. The van der Waals surface area contributed by atoms with Crippen LogP contribution in [0.4, 0.5) is 4.79 Å². The SMILES string of the molecule is CCCCCCN(CCCCC)C(=O)N(CCCCC)CCCCCC. The highest BCUT2D eigenvalue weighted by Gasteiger charge is 2.19. The summed E-state index contributed by atoms with van der Waals surface area (Å²) < 4.78 is 0. The van der Waals surface area contributed by atoms with Crippen molar-refractivity contribution in [3.63, 3.8) is 0 Å². The number of hydrogen-bond acceptors (Lipinski definition) is 1. The lowest BCUT2D eigenvalue weighted by Gasteiger charge is -2.31. The van der Waals surface area contributed by atoms with Gasteiger partial charge in [0, 0.05) is 26.2 Å². The summed E-state index contributed by atoms with van der Waals surface area (Å²) in [6.45, 7) is 12.7. The highest BCUT2D eigenvalue weighted by molar-refractivity contribution is 5.74. The zero-order valence-corrected chi connectivity index (χ0v) is 18.5. The summed E-state index contributed by atoms with van der Waals surface area (Å²) >= 11 is 0. The van der Waals surface area contributed by atoms with Crippen LogP contribution >= 0.6 is 0 Å². The highest BCUT2D eigenvalue weighted by atomic mass is 16.2. The van der Waals surface area contributed by atoms with Crippen molar-refractivity contribution in [3.05, 3.63) is 0 Å². The fraction of sp³-hybridized carbons (Fsp3) is 0.957. The van der Waals surface area contributed by atoms with Crippen LogP contribution in [0.2, 0.25) is 0 Å². The molecule has 0 rings (SSSR count). The van der Waals surface area contributed by atoms with E-state index in [2.05, 4.69) is 37.5 Å². The van der Waals surface area contributed by atoms with E-state index in [-0.39, 0.29) is 0 Å². The molecule has 0 aliphatic carbocycles. The molecule has 0 aromatic rings. The maximum Gasteiger partial charge on any atom is 0.319 e. The summed E-state index contributed by atoms with van der Waals surface area (Å²) in [7, 11) is 0. The van der Waals surface area contributed by atoms with Crippen LogP contribution in [0.1, 0.15) is 118 Å². The molecule has 0 aliphatic rings. The van der Waals surface area contributed by atoms with Gasteiger partial charge in [0.1, 0.15) is 0 Å². The van der Waals surface area contributed by atoms with Gasteiger partial charge in [-0.3, -0.25) is 0 Å². The molecule has 0 fully saturated rings. The predicted octanol–water partition coefficient (Wildman–Crippen LogP) is 7.25. The van der Waals surface area contributed by atoms with E-state index in [0.717, 1.165) is 51.9 Å². The molecule has 0 radical (unpaired) electrons. The molecule has 0 spiro atoms. The average molecular weight is 369 g/mol. The van der Waals surface area contributed by atoms with E-state index in [1.54, 1.807) is 0 Å². The summed E-state index contributed by atoms with van der Waals surface area (Å²) in [5.41, 5.74) is 0. The van der Waals surface area contributed by atoms with E-state index in [1.165, 1.54) is 64.2 Å². The Kier molecular flexibility index (Phi) is 18.5. The number of nitrogens with zero attached hydrogens (tertiary/aromatic N) is 2. The van der Waals surface area contributed by atoms with Gasteiger partial charge in [0.15, 0.2) is 0 Å². The van der Waals surface area contributed by atoms with Crippen LogP contribution in [0, 0.1) is 0 Å². The van der Waals surface area contributed by atoms with Gasteiger partial charge in [0.05, 0.1) is 0 Å². The molecule has 0 unspecified atom stereocenters. The number of carbonyl (C=O) groups is 1. The van der Waals surface area contributed by atoms with E-state index in [0.29, 0.717) is 6.03 Å². The fourth-order valence-electron chi connectivity index (χ4n) is 3.37. The van der Waals surface area contributed by atoms with Gasteiger partial charge in [-0.05, 0) is 25.7 Å². The van der Waals surface area contributed by atoms with Gasteiger partial charge < -0.3 is 9.80 Å². The Balaban J connectivity index is 4.67. The third-order valence-electron chi connectivity index (χ3n) is 5.17. The second-order valence-electron chi connectivity index (χ2n) is 7.79. The molecule has 0 aromatic heterocycles. The third-order valence-corrected chi connectivity index (χ3v) is 5.17. The Hall–Kier alpha value is -0.730. The molecule has 0 bridgehead atoms. The van der Waals surface area contributed by atoms with Gasteiger partial charge in [0.25, 0.3) is 0 Å². The second kappa shape index (κ2) is 19.0. The van der Waals surface area contributed by atoms with Crippen molar-refractivity contribution in [1.29, 1.82) is 0 Å². The van der Waals surface area contributed by atoms with Gasteiger partial charge in [0.2, 0.25) is 0 Å². The van der Waals surface area contributed by atoms with Crippen LogP contribution in [-0.2, 0) is 0 Å². The Morgan fingerprint density at radius 3 is 1.04 bits per heavy atom. The number of hydrogen-bond donors (Lipinski definition) is 0. The van der Waals surface area contributed by atoms with Gasteiger partial charge in [-0.15, -0.1) is 0 Å². The molecular weight excluding hydrogens is 320 g/mol. The molecule has 0 saturated carbocycles. The normalized spacial score (nSPS) is 10.9. The molecular formula is C23H48N2O. The van der Waals surface area contributed by atoms with E-state index < -0.39 is 0 Å². The zero-order valence-electron chi connectivity index (χ0n) is 18.5. The standard InChI is InChI=1S/C23H48N2O/c1-5-9-13-17-21-24(19-15-11-7-3)23(26)25(20-16-12-8-4)22-18-14-10-6-2/h5-22H2,1-4H3. The van der Waals surface area contributed by atoms with Crippen LogP contribution in [-0.4, -0.2) is 42.0 Å². The minimum Gasteiger partial charge on any atom is -0.325 e. The lowest BCUT2D eigenvalue weighted by atomic mass is 10.1. The maximum absolute atomic E-state index is 13.2. The number of unbranched alkanes of at least 4 members (excludes halogenated alkanes) is 10. The molecule has 0 saturated heterocycles. The van der Waals surface area contributed by atoms with Crippen LogP contribution in [0.3, 0.4) is 0 Å². The Labute approximate surface area is 164 Å². The molecule has 0 atom stereocenters. The quantitative estimate of drug-likeness (QED) is 0.234. The topological polar surface area (TPSA) is 23.6 Å². The predicted molar refractivity (Wildman–Crippen MR) is 116 cm³/mol. The highest BCUT2D eigenvalue weighted by Crippen LogP contribution is 2.11. The molecule has 156 valence electrons. The van der Waals surface area contributed by atoms with Crippen LogP contribution in [0.15, 0.2) is 0 Å². The van der Waals surface area contributed by atoms with Crippen molar-refractivity contribution >= 4 is 6.03 Å². The van der Waals surface area contributed by atoms with Crippen molar-refractivity contribution in [1.82, 2.24) is 9.80 Å². The average Bonchev–Trinajstić information content (AvgIpc) is 2.65. The number of rotatable bonds is 18. The largest absolute Gasteiger partial charge is 0.325 e. The van der Waals surface area contributed by atoms with Gasteiger partial charge in [-0.1, -0.05) is 91.9 Å². The van der Waals surface area contributed by atoms with Crippen molar-refractivity contribution in [2.45, 2.75) is 118 Å². The minimum atomic E-state index is 0.310. The molecule has 2 amide bonds. The van der Waals surface area contributed by atoms with Gasteiger partial charge in [-0.25, -0.2) is 4.79 Å². The lowest BCUT2D eigenvalue weighted by Crippen LogP contribution is -2.45. The zero-order chi connectivity index (χ0) is 19.5. The van der Waals surface area contributed by atoms with Crippen LogP contribution in [0.25, 0.3) is 0 Å². The molecule has 0 aliphatic heterocycles. The molecule has 3 heteroatoms. The molecule has 26 heavy (non-hydrogen) atoms. The van der Waals surface area contributed by atoms with E-state index in [1.807, 2.05) is 0 Å². The first-order valence-electron chi connectivity index (χ1n) is 11.7. The Morgan fingerprint density at radius 2 is 0.731 bits per heavy atom. The Morgan fingerprint density at radius 1 is 0.462 bits per heavy atom. The van der Waals surface area contributed by atoms with Crippen LogP contribution < -0.4 is 0 Å². The van der Waals surface area contributed by atoms with E-state index >= 15 is 0 Å². The summed E-state index contributed by atoms with van der Waals surface area (Å²) in [5, 5.41) is 0. The Bertz CT molecular complexity index is 279. The monoisotopic (exact) mass is 368 g/mol. The molecule has 0 aromatic carbocycles. The van der Waals surface area contributed by atoms with E-state index in [9.17, 15) is 4.79 Å². The summed E-state index contributed by atoms with van der Waals surface area (Å²) in [6, 6.07) is 0.310. The van der Waals surface area contributed by atoms with Gasteiger partial charge >= 0.3 is 6.03 Å². The smallest absolute Gasteiger partial charge is 0.319 e. The molecule has 3 nitrogen and oxygen atoms in total. The first-order chi connectivity index (χ1) is 12.7. The van der Waals surface area contributed by atoms with Crippen molar-refractivity contribution in [2.75, 3.05) is 26.2 Å². The summed E-state index contributed by atoms with van der Waals surface area (Å²) in [6.07, 6.45) is 17.1. The number of amides is 2. The molecule has 0 heterocycles. The first kappa shape index (κ1) is 25.3. The van der Waals surface area contributed by atoms with Gasteiger partial charge in [-0.2, -0.15) is 0 Å². The van der Waals surface area contributed by atoms with E-state index in [4.69, 9.17) is 0 Å². The van der Waals surface area contributed by atoms with Crippen molar-refractivity contribution in [2.24, 2.45) is 0 Å². The van der Waals surface area contributed by atoms with Crippen molar-refractivity contribution < 1.29 is 4.79 Å². The maximum atomic E-state index is 13.2. The number of urea groups is 1. The third kappa shape index (κ3) is 13.5. The molecule has 0 N–H and O–H groups in total. The minimum absolute atomic E-state index is 0.310. The lowest BCUT2D eigenvalue weighted by molar-refractivity contribution is 0.148. The fourth-order valence-corrected chi connectivity index (χ4v) is 3.37.